The van der Waals surface area contributed by atoms with Crippen molar-refractivity contribution in [2.75, 3.05) is 0 Å². The normalized spacial score (nSPS) is 9.68. The van der Waals surface area contributed by atoms with Crippen LogP contribution in [0.2, 0.25) is 0 Å². The van der Waals surface area contributed by atoms with E-state index in [-0.39, 0.29) is 22.4 Å². The van der Waals surface area contributed by atoms with Crippen LogP contribution in [0.5, 0.6) is 0 Å². The molecule has 0 fully saturated rings. The molecule has 0 amide bonds. The highest BCUT2D eigenvalue weighted by Gasteiger charge is 2.26. The van der Waals surface area contributed by atoms with Crippen molar-refractivity contribution in [1.29, 1.82) is 10.5 Å². The van der Waals surface area contributed by atoms with Crippen LogP contribution in [0.25, 0.3) is 17.2 Å². The molecule has 0 unspecified atom stereocenters. The summed E-state index contributed by atoms with van der Waals surface area (Å²) >= 11 is 0. The minimum absolute atomic E-state index is 0.0917. The molecular weight excluding hydrogens is 370 g/mol. The Morgan fingerprint density at radius 2 is 1.54 bits per heavy atom. The predicted octanol–water partition coefficient (Wildman–Crippen LogP) is 3.82. The second kappa shape index (κ2) is 7.72. The minimum Gasteiger partial charge on any atom is -0.258 e. The van der Waals surface area contributed by atoms with Crippen LogP contribution in [0.4, 0.5) is 17.1 Å². The van der Waals surface area contributed by atoms with E-state index in [0.29, 0.717) is 5.56 Å². The van der Waals surface area contributed by atoms with Gasteiger partial charge in [0, 0.05) is 18.2 Å². The van der Waals surface area contributed by atoms with Crippen molar-refractivity contribution >= 4 is 23.1 Å². The SMILES string of the molecule is Cc1cc([N+](=O)[O-])ccc1-c1c(C=C(C#N)C#N)cc([N+](=O)[O-])cc1[N+](=O)[O-]. The molecule has 0 aliphatic heterocycles. The molecule has 0 saturated heterocycles. The van der Waals surface area contributed by atoms with E-state index in [9.17, 15) is 30.3 Å². The number of aryl methyl sites for hydroxylation is 1. The van der Waals surface area contributed by atoms with Crippen molar-refractivity contribution < 1.29 is 14.8 Å². The lowest BCUT2D eigenvalue weighted by Gasteiger charge is -2.11. The molecule has 0 aliphatic rings. The van der Waals surface area contributed by atoms with Gasteiger partial charge in [0.05, 0.1) is 26.4 Å². The third-order valence-electron chi connectivity index (χ3n) is 3.77. The van der Waals surface area contributed by atoms with Gasteiger partial charge in [-0.2, -0.15) is 10.5 Å². The summed E-state index contributed by atoms with van der Waals surface area (Å²) in [5, 5.41) is 51.6. The first kappa shape index (κ1) is 19.7. The Hall–Kier alpha value is -4.64. The van der Waals surface area contributed by atoms with E-state index in [1.807, 2.05) is 0 Å². The molecule has 0 spiro atoms. The Morgan fingerprint density at radius 1 is 0.929 bits per heavy atom. The maximum atomic E-state index is 11.6. The Labute approximate surface area is 156 Å². The molecule has 2 aromatic carbocycles. The number of nitro benzene ring substituents is 3. The third kappa shape index (κ3) is 3.79. The van der Waals surface area contributed by atoms with E-state index < -0.39 is 31.7 Å². The van der Waals surface area contributed by atoms with Gasteiger partial charge in [-0.3, -0.25) is 30.3 Å². The van der Waals surface area contributed by atoms with Gasteiger partial charge < -0.3 is 0 Å². The zero-order valence-electron chi connectivity index (χ0n) is 14.1. The molecule has 11 heteroatoms. The standard InChI is InChI=1S/C17H9N5O6/c1-10-4-13(20(23)24)2-3-15(10)17-12(5-11(8-18)9-19)6-14(21(25)26)7-16(17)22(27)28/h2-7H,1H3. The summed E-state index contributed by atoms with van der Waals surface area (Å²) in [7, 11) is 0. The van der Waals surface area contributed by atoms with Crippen LogP contribution in [-0.4, -0.2) is 14.8 Å². The number of nitrogens with zero attached hydrogens (tertiary/aromatic N) is 5. The highest BCUT2D eigenvalue weighted by molar-refractivity contribution is 5.87. The first-order valence-corrected chi connectivity index (χ1v) is 7.43. The van der Waals surface area contributed by atoms with Crippen molar-refractivity contribution in [2.24, 2.45) is 0 Å². The third-order valence-corrected chi connectivity index (χ3v) is 3.77. The molecule has 0 saturated carbocycles. The Balaban J connectivity index is 2.96. The summed E-state index contributed by atoms with van der Waals surface area (Å²) in [6.07, 6.45) is 0.996. The first-order valence-electron chi connectivity index (χ1n) is 7.43. The lowest BCUT2D eigenvalue weighted by atomic mass is 9.92. The first-order chi connectivity index (χ1) is 13.2. The molecule has 0 bridgehead atoms. The van der Waals surface area contributed by atoms with Gasteiger partial charge in [0.2, 0.25) is 0 Å². The van der Waals surface area contributed by atoms with Gasteiger partial charge in [0.1, 0.15) is 17.7 Å². The Morgan fingerprint density at radius 3 is 2.00 bits per heavy atom. The van der Waals surface area contributed by atoms with Gasteiger partial charge >= 0.3 is 0 Å². The van der Waals surface area contributed by atoms with Gasteiger partial charge in [-0.05, 0) is 35.8 Å². The van der Waals surface area contributed by atoms with E-state index >= 15 is 0 Å². The molecule has 0 aromatic heterocycles. The monoisotopic (exact) mass is 379 g/mol. The lowest BCUT2D eigenvalue weighted by Crippen LogP contribution is -2.00. The second-order valence-electron chi connectivity index (χ2n) is 5.48. The summed E-state index contributed by atoms with van der Waals surface area (Å²) in [4.78, 5) is 31.3. The van der Waals surface area contributed by atoms with E-state index in [1.165, 1.54) is 19.1 Å². The number of hydrogen-bond donors (Lipinski definition) is 0. The van der Waals surface area contributed by atoms with Gasteiger partial charge in [0.25, 0.3) is 17.1 Å². The van der Waals surface area contributed by atoms with Gasteiger partial charge in [-0.15, -0.1) is 0 Å². The quantitative estimate of drug-likeness (QED) is 0.427. The molecule has 0 N–H and O–H groups in total. The number of rotatable bonds is 5. The predicted molar refractivity (Wildman–Crippen MR) is 95.8 cm³/mol. The molecule has 0 aliphatic carbocycles. The molecule has 28 heavy (non-hydrogen) atoms. The summed E-state index contributed by atoms with van der Waals surface area (Å²) in [5.74, 6) is 0. The van der Waals surface area contributed by atoms with Crippen molar-refractivity contribution in [2.45, 2.75) is 6.92 Å². The van der Waals surface area contributed by atoms with Crippen LogP contribution in [0.15, 0.2) is 35.9 Å². The number of hydrogen-bond acceptors (Lipinski definition) is 8. The van der Waals surface area contributed by atoms with Gasteiger partial charge in [-0.25, -0.2) is 0 Å². The second-order valence-corrected chi connectivity index (χ2v) is 5.48. The average molecular weight is 379 g/mol. The Kier molecular flexibility index (Phi) is 5.42. The molecule has 138 valence electrons. The molecule has 2 aromatic rings. The largest absolute Gasteiger partial charge is 0.284 e. The summed E-state index contributed by atoms with van der Waals surface area (Å²) in [5.41, 5.74) is -1.58. The smallest absolute Gasteiger partial charge is 0.258 e. The maximum absolute atomic E-state index is 11.6. The lowest BCUT2D eigenvalue weighted by molar-refractivity contribution is -0.393. The van der Waals surface area contributed by atoms with Crippen LogP contribution in [0, 0.1) is 59.9 Å². The molecule has 0 heterocycles. The number of allylic oxidation sites excluding steroid dienone is 1. The number of nitro groups is 3. The molecule has 0 atom stereocenters. The van der Waals surface area contributed by atoms with E-state index in [2.05, 4.69) is 0 Å². The minimum atomic E-state index is -0.838. The summed E-state index contributed by atoms with van der Waals surface area (Å²) in [6.45, 7) is 1.48. The summed E-state index contributed by atoms with van der Waals surface area (Å²) < 4.78 is 0. The van der Waals surface area contributed by atoms with Crippen LogP contribution >= 0.6 is 0 Å². The van der Waals surface area contributed by atoms with Crippen molar-refractivity contribution in [1.82, 2.24) is 0 Å². The molecule has 11 nitrogen and oxygen atoms in total. The number of non-ortho nitro benzene ring substituents is 2. The zero-order chi connectivity index (χ0) is 21.0. The van der Waals surface area contributed by atoms with Crippen LogP contribution in [-0.2, 0) is 0 Å². The van der Waals surface area contributed by atoms with E-state index in [1.54, 1.807) is 12.1 Å². The molecule has 0 radical (unpaired) electrons. The van der Waals surface area contributed by atoms with Crippen molar-refractivity contribution in [3.8, 4) is 23.3 Å². The fourth-order valence-corrected chi connectivity index (χ4v) is 2.58. The molecule has 2 rings (SSSR count). The van der Waals surface area contributed by atoms with Crippen molar-refractivity contribution in [3.63, 3.8) is 0 Å². The topological polar surface area (TPSA) is 177 Å². The maximum Gasteiger partial charge on any atom is 0.284 e. The zero-order valence-corrected chi connectivity index (χ0v) is 14.1. The highest BCUT2D eigenvalue weighted by Crippen LogP contribution is 2.40. The fourth-order valence-electron chi connectivity index (χ4n) is 2.58. The fraction of sp³-hybridized carbons (Fsp3) is 0.0588. The van der Waals surface area contributed by atoms with Crippen LogP contribution in [0.3, 0.4) is 0 Å². The van der Waals surface area contributed by atoms with Crippen molar-refractivity contribution in [3.05, 3.63) is 77.4 Å². The average Bonchev–Trinajstić information content (AvgIpc) is 2.65. The molecular formula is C17H9N5O6. The number of benzene rings is 2. The van der Waals surface area contributed by atoms with E-state index in [4.69, 9.17) is 10.5 Å². The number of nitriles is 2. The van der Waals surface area contributed by atoms with Gasteiger partial charge in [-0.1, -0.05) is 0 Å². The van der Waals surface area contributed by atoms with Crippen LogP contribution < -0.4 is 0 Å². The van der Waals surface area contributed by atoms with Gasteiger partial charge in [0.15, 0.2) is 0 Å². The van der Waals surface area contributed by atoms with Crippen LogP contribution in [0.1, 0.15) is 11.1 Å². The highest BCUT2D eigenvalue weighted by atomic mass is 16.6. The summed E-state index contributed by atoms with van der Waals surface area (Å²) in [6, 6.07) is 8.53. The van der Waals surface area contributed by atoms with E-state index in [0.717, 1.165) is 24.3 Å². The Bertz CT molecular complexity index is 1120.